The monoisotopic (exact) mass is 633 g/mol. The highest BCUT2D eigenvalue weighted by atomic mass is 19.3. The second kappa shape index (κ2) is 16.0. The molecule has 1 unspecified atom stereocenters. The Hall–Kier alpha value is -1.28. The van der Waals surface area contributed by atoms with Gasteiger partial charge in [0.1, 0.15) is 18.6 Å². The second-order valence-corrected chi connectivity index (χ2v) is 14.0. The van der Waals surface area contributed by atoms with Gasteiger partial charge in [-0.25, -0.2) is 8.78 Å². The largest absolute Gasteiger partial charge is 0.463 e. The van der Waals surface area contributed by atoms with Crippen molar-refractivity contribution in [1.82, 2.24) is 14.7 Å². The van der Waals surface area contributed by atoms with Crippen LogP contribution in [-0.4, -0.2) is 141 Å². The number of aliphatic hydroxyl groups excluding tert-OH is 1. The number of ether oxygens (including phenoxy) is 4. The number of halogens is 2. The van der Waals surface area contributed by atoms with E-state index in [0.29, 0.717) is 32.5 Å². The van der Waals surface area contributed by atoms with Crippen molar-refractivity contribution in [3.8, 4) is 0 Å². The van der Waals surface area contributed by atoms with Crippen LogP contribution in [-0.2, 0) is 28.5 Å². The van der Waals surface area contributed by atoms with Crippen LogP contribution in [0.15, 0.2) is 0 Å². The van der Waals surface area contributed by atoms with Gasteiger partial charge < -0.3 is 29.0 Å². The summed E-state index contributed by atoms with van der Waals surface area (Å²) in [5.41, 5.74) is -0.958. The van der Waals surface area contributed by atoms with E-state index in [4.69, 9.17) is 18.9 Å². The maximum Gasteiger partial charge on any atom is 0.316 e. The summed E-state index contributed by atoms with van der Waals surface area (Å²) in [6.45, 7) is 11.0. The smallest absolute Gasteiger partial charge is 0.316 e. The normalized spacial score (nSPS) is 40.0. The van der Waals surface area contributed by atoms with E-state index in [-0.39, 0.29) is 49.0 Å². The van der Waals surface area contributed by atoms with E-state index in [1.807, 2.05) is 39.9 Å². The van der Waals surface area contributed by atoms with E-state index in [1.165, 1.54) is 0 Å². The Labute approximate surface area is 262 Å². The van der Waals surface area contributed by atoms with Gasteiger partial charge in [-0.1, -0.05) is 13.8 Å². The molecule has 3 aliphatic rings. The van der Waals surface area contributed by atoms with Gasteiger partial charge in [0.15, 0.2) is 12.1 Å². The van der Waals surface area contributed by atoms with Gasteiger partial charge in [-0.05, 0) is 92.5 Å². The van der Waals surface area contributed by atoms with Crippen molar-refractivity contribution in [1.29, 1.82) is 0 Å². The topological polar surface area (TPSA) is 101 Å². The zero-order valence-corrected chi connectivity index (χ0v) is 28.2. The predicted octanol–water partition coefficient (Wildman–Crippen LogP) is 2.90. The van der Waals surface area contributed by atoms with Crippen LogP contribution in [0, 0.1) is 23.7 Å². The number of likely N-dealkylation sites (N-methyl/N-ethyl adjacent to an activating group) is 2. The fraction of sp³-hybridized carbons (Fsp3) is 0.938. The molecular formula is C32H57F2N3O7. The van der Waals surface area contributed by atoms with Crippen LogP contribution < -0.4 is 0 Å². The fourth-order valence-corrected chi connectivity index (χ4v) is 7.58. The maximum atomic E-state index is 13.9. The first-order chi connectivity index (χ1) is 20.6. The highest BCUT2D eigenvalue weighted by molar-refractivity contribution is 5.99. The minimum Gasteiger partial charge on any atom is -0.463 e. The Morgan fingerprint density at radius 2 is 1.77 bits per heavy atom. The molecule has 0 saturated carbocycles. The molecule has 12 heteroatoms. The minimum absolute atomic E-state index is 0.0827. The first kappa shape index (κ1) is 37.2. The number of hydrogen-bond donors (Lipinski definition) is 1. The van der Waals surface area contributed by atoms with Crippen LogP contribution in [0.1, 0.15) is 60.3 Å². The molecule has 3 fully saturated rings. The first-order valence-corrected chi connectivity index (χ1v) is 16.2. The summed E-state index contributed by atoms with van der Waals surface area (Å²) in [6, 6.07) is -0.314. The molecule has 10 nitrogen and oxygen atoms in total. The molecule has 0 aliphatic carbocycles. The molecule has 0 aromatic carbocycles. The maximum absolute atomic E-state index is 13.9. The fourth-order valence-electron chi connectivity index (χ4n) is 7.58. The molecule has 0 spiro atoms. The molecule has 0 radical (unpaired) electrons. The Morgan fingerprint density at radius 1 is 1.14 bits per heavy atom. The van der Waals surface area contributed by atoms with Crippen molar-refractivity contribution in [2.45, 2.75) is 109 Å². The van der Waals surface area contributed by atoms with E-state index < -0.39 is 48.3 Å². The molecule has 0 amide bonds. The Kier molecular flexibility index (Phi) is 13.5. The Balaban J connectivity index is 1.89. The number of alkyl halides is 2. The van der Waals surface area contributed by atoms with E-state index >= 15 is 0 Å². The van der Waals surface area contributed by atoms with Gasteiger partial charge in [-0.2, -0.15) is 0 Å². The van der Waals surface area contributed by atoms with Crippen LogP contribution in [0.2, 0.25) is 0 Å². The lowest BCUT2D eigenvalue weighted by atomic mass is 9.78. The van der Waals surface area contributed by atoms with Crippen molar-refractivity contribution < 1.29 is 42.4 Å². The highest BCUT2D eigenvalue weighted by Crippen LogP contribution is 2.37. The number of rotatable bonds is 7. The van der Waals surface area contributed by atoms with Gasteiger partial charge in [0.2, 0.25) is 0 Å². The number of carbonyl (C=O) groups excluding carboxylic acids is 2. The van der Waals surface area contributed by atoms with Gasteiger partial charge >= 0.3 is 5.97 Å². The molecule has 44 heavy (non-hydrogen) atoms. The van der Waals surface area contributed by atoms with E-state index in [2.05, 4.69) is 11.8 Å². The van der Waals surface area contributed by atoms with Crippen LogP contribution in [0.3, 0.4) is 0 Å². The number of cyclic esters (lactones) is 1. The third-order valence-corrected chi connectivity index (χ3v) is 10.2. The van der Waals surface area contributed by atoms with Crippen molar-refractivity contribution in [2.75, 3.05) is 61.0 Å². The van der Waals surface area contributed by atoms with Gasteiger partial charge in [-0.15, -0.1) is 0 Å². The predicted molar refractivity (Wildman–Crippen MR) is 162 cm³/mol. The molecule has 3 rings (SSSR count). The number of piperidine rings is 1. The summed E-state index contributed by atoms with van der Waals surface area (Å²) in [4.78, 5) is 33.1. The van der Waals surface area contributed by atoms with Gasteiger partial charge in [-0.3, -0.25) is 19.4 Å². The molecule has 256 valence electrons. The average molecular weight is 634 g/mol. The third kappa shape index (κ3) is 9.17. The molecular weight excluding hydrogens is 576 g/mol. The molecule has 0 aromatic heterocycles. The lowest BCUT2D eigenvalue weighted by Crippen LogP contribution is -2.59. The third-order valence-electron chi connectivity index (χ3n) is 10.2. The molecule has 10 atom stereocenters. The standard InChI is InChI=1S/C32H57F2N3O7/c1-19-15-32(5,41-9)29(44-31-28(39)24(35(6)7)14-20(2)43-31)21(3)27(38)22(4)30(40)42-18-25(36(8)16-19)23-10-12-37(13-11-23)17-26(33)34/h19-26,28-29,31,39H,10-18H2,1-9H3/t19-,20-,21+,22-,24+,25?,28-,29-,31+,32-/m1/s1. The van der Waals surface area contributed by atoms with Crippen LogP contribution >= 0.6 is 0 Å². The zero-order valence-electron chi connectivity index (χ0n) is 28.2. The van der Waals surface area contributed by atoms with E-state index in [9.17, 15) is 23.5 Å². The van der Waals surface area contributed by atoms with Crippen molar-refractivity contribution in [3.63, 3.8) is 0 Å². The number of esters is 1. The zero-order chi connectivity index (χ0) is 32.9. The number of hydrogen-bond acceptors (Lipinski definition) is 10. The summed E-state index contributed by atoms with van der Waals surface area (Å²) in [7, 11) is 7.40. The summed E-state index contributed by atoms with van der Waals surface area (Å²) in [5, 5.41) is 11.2. The number of aliphatic hydroxyl groups is 1. The lowest BCUT2D eigenvalue weighted by molar-refractivity contribution is -0.295. The average Bonchev–Trinajstić information content (AvgIpc) is 2.96. The van der Waals surface area contributed by atoms with Crippen LogP contribution in [0.25, 0.3) is 0 Å². The van der Waals surface area contributed by atoms with Crippen LogP contribution in [0.5, 0.6) is 0 Å². The van der Waals surface area contributed by atoms with Crippen molar-refractivity contribution in [2.24, 2.45) is 23.7 Å². The minimum atomic E-state index is -2.36. The molecule has 1 N–H and O–H groups in total. The molecule has 3 heterocycles. The molecule has 3 saturated heterocycles. The highest BCUT2D eigenvalue weighted by Gasteiger charge is 2.49. The number of methoxy groups -OCH3 is 1. The SMILES string of the molecule is CO[C@]1(C)C[C@@H](C)CN(C)C(C2CCN(CC(F)F)CC2)COC(=O)[C@H](C)C(=O)[C@H](C)[C@H]1O[C@@H]1O[C@H](C)C[C@H](N(C)C)[C@H]1O. The molecule has 3 aliphatic heterocycles. The van der Waals surface area contributed by atoms with Gasteiger partial charge in [0, 0.05) is 31.7 Å². The second-order valence-electron chi connectivity index (χ2n) is 14.0. The number of ketones is 1. The number of Topliss-reactive ketones (excluding diaryl/α,β-unsaturated/α-hetero) is 1. The number of likely N-dealkylation sites (tertiary alicyclic amines) is 1. The Morgan fingerprint density at radius 3 is 2.34 bits per heavy atom. The summed E-state index contributed by atoms with van der Waals surface area (Å²) < 4.78 is 50.5. The van der Waals surface area contributed by atoms with Crippen molar-refractivity contribution in [3.05, 3.63) is 0 Å². The van der Waals surface area contributed by atoms with E-state index in [1.54, 1.807) is 25.9 Å². The summed E-state index contributed by atoms with van der Waals surface area (Å²) >= 11 is 0. The summed E-state index contributed by atoms with van der Waals surface area (Å²) in [5.74, 6) is -2.50. The number of carbonyl (C=O) groups is 2. The van der Waals surface area contributed by atoms with Gasteiger partial charge in [0.05, 0.1) is 24.4 Å². The quantitative estimate of drug-likeness (QED) is 0.333. The first-order valence-electron chi connectivity index (χ1n) is 16.2. The van der Waals surface area contributed by atoms with Crippen LogP contribution in [0.4, 0.5) is 8.78 Å². The number of nitrogens with zero attached hydrogens (tertiary/aromatic N) is 3. The lowest BCUT2D eigenvalue weighted by Gasteiger charge is -2.47. The van der Waals surface area contributed by atoms with Gasteiger partial charge in [0.25, 0.3) is 6.43 Å². The Bertz CT molecular complexity index is 938. The summed E-state index contributed by atoms with van der Waals surface area (Å²) in [6.07, 6.45) is -2.69. The molecule has 0 bridgehead atoms. The van der Waals surface area contributed by atoms with Crippen molar-refractivity contribution >= 4 is 11.8 Å². The van der Waals surface area contributed by atoms with E-state index in [0.717, 1.165) is 12.8 Å². The molecule has 0 aromatic rings.